The molecule has 1 saturated heterocycles. The van der Waals surface area contributed by atoms with Gasteiger partial charge in [-0.1, -0.05) is 0 Å². The molecule has 10 heteroatoms. The van der Waals surface area contributed by atoms with Gasteiger partial charge < -0.3 is 20.8 Å². The molecule has 0 unspecified atom stereocenters. The smallest absolute Gasteiger partial charge is 0.407 e. The lowest BCUT2D eigenvalue weighted by Crippen LogP contribution is -2.45. The third-order valence-electron chi connectivity index (χ3n) is 6.47. The Hall–Kier alpha value is -3.04. The number of nitrogens with zero attached hydrogens (tertiary/aromatic N) is 3. The monoisotopic (exact) mass is 461 g/mol. The lowest BCUT2D eigenvalue weighted by molar-refractivity contribution is 0.0494. The maximum Gasteiger partial charge on any atom is 0.407 e. The first kappa shape index (κ1) is 23.1. The van der Waals surface area contributed by atoms with Gasteiger partial charge in [0.05, 0.1) is 16.6 Å². The van der Waals surface area contributed by atoms with E-state index in [1.807, 2.05) is 11.8 Å². The van der Waals surface area contributed by atoms with Gasteiger partial charge in [0.2, 0.25) is 0 Å². The summed E-state index contributed by atoms with van der Waals surface area (Å²) in [6.07, 6.45) is 1.92. The summed E-state index contributed by atoms with van der Waals surface area (Å²) < 4.78 is 22.8. The number of hydrogen-bond acceptors (Lipinski definition) is 6. The minimum atomic E-state index is -0.699. The Morgan fingerprint density at radius 2 is 1.94 bits per heavy atom. The molecule has 2 fully saturated rings. The number of benzene rings is 1. The predicted molar refractivity (Wildman–Crippen MR) is 125 cm³/mol. The van der Waals surface area contributed by atoms with Gasteiger partial charge in [0, 0.05) is 30.7 Å². The molecule has 2 aliphatic rings. The van der Waals surface area contributed by atoms with Crippen molar-refractivity contribution in [1.29, 1.82) is 0 Å². The molecule has 3 N–H and O–H groups in total. The van der Waals surface area contributed by atoms with E-state index in [2.05, 4.69) is 5.32 Å². The molecule has 0 bridgehead atoms. The normalized spacial score (nSPS) is 19.7. The van der Waals surface area contributed by atoms with E-state index in [-0.39, 0.29) is 23.4 Å². The fourth-order valence-electron chi connectivity index (χ4n) is 4.73. The summed E-state index contributed by atoms with van der Waals surface area (Å²) in [6.45, 7) is 10.2. The van der Waals surface area contributed by atoms with Crippen LogP contribution in [0.15, 0.2) is 15.7 Å². The molecule has 9 nitrogen and oxygen atoms in total. The lowest BCUT2D eigenvalue weighted by atomic mass is 10.0. The van der Waals surface area contributed by atoms with E-state index in [9.17, 15) is 14.4 Å². The van der Waals surface area contributed by atoms with Crippen LogP contribution in [0.4, 0.5) is 14.9 Å². The first-order valence-electron chi connectivity index (χ1n) is 11.4. The number of carbonyl (C=O) groups excluding carboxylic acids is 1. The molecule has 1 saturated carbocycles. The number of nitrogen functional groups attached to an aromatic ring is 1. The molecule has 33 heavy (non-hydrogen) atoms. The van der Waals surface area contributed by atoms with Gasteiger partial charge in [-0.25, -0.2) is 14.0 Å². The van der Waals surface area contributed by atoms with Crippen molar-refractivity contribution in [2.75, 3.05) is 23.8 Å². The number of hydrogen-bond donors (Lipinski definition) is 2. The van der Waals surface area contributed by atoms with Gasteiger partial charge in [0.25, 0.3) is 5.56 Å². The number of nitrogens with two attached hydrogens (primary N) is 1. The molecule has 1 amide bonds. The van der Waals surface area contributed by atoms with Crippen molar-refractivity contribution in [2.24, 2.45) is 5.92 Å². The molecule has 2 atom stereocenters. The Balaban J connectivity index is 1.65. The van der Waals surface area contributed by atoms with Crippen LogP contribution in [-0.2, 0) is 4.74 Å². The first-order chi connectivity index (χ1) is 15.4. The maximum absolute atomic E-state index is 15.3. The van der Waals surface area contributed by atoms with Crippen LogP contribution in [0.1, 0.15) is 58.6 Å². The number of amides is 1. The highest BCUT2D eigenvalue weighted by Crippen LogP contribution is 2.39. The van der Waals surface area contributed by atoms with Crippen LogP contribution in [0.5, 0.6) is 0 Å². The van der Waals surface area contributed by atoms with E-state index >= 15 is 4.39 Å². The number of halogens is 1. The van der Waals surface area contributed by atoms with Gasteiger partial charge in [0.15, 0.2) is 0 Å². The highest BCUT2D eigenvalue weighted by Gasteiger charge is 2.34. The second kappa shape index (κ2) is 8.07. The fraction of sp³-hybridized carbons (Fsp3) is 0.609. The standard InChI is InChI=1S/C23H32FN5O4/c1-12-18-16(20(30)29(25)22(32)28(18)15-6-7-15)10-17(24)19(12)27-9-8-14(11-27)13(2)26-21(31)33-23(3,4)5/h10,13-15H,6-9,11,25H2,1-5H3,(H,26,31)/t13-,14+/m1/s1. The van der Waals surface area contributed by atoms with Crippen LogP contribution < -0.4 is 27.3 Å². The molecule has 0 spiro atoms. The van der Waals surface area contributed by atoms with E-state index in [1.165, 1.54) is 10.6 Å². The van der Waals surface area contributed by atoms with Crippen LogP contribution in [0.2, 0.25) is 0 Å². The average Bonchev–Trinajstić information content (AvgIpc) is 3.42. The molecule has 2 heterocycles. The zero-order valence-electron chi connectivity index (χ0n) is 19.8. The van der Waals surface area contributed by atoms with Crippen LogP contribution in [0.25, 0.3) is 10.9 Å². The molecule has 1 aliphatic heterocycles. The minimum Gasteiger partial charge on any atom is -0.444 e. The largest absolute Gasteiger partial charge is 0.444 e. The third-order valence-corrected chi connectivity index (χ3v) is 6.47. The fourth-order valence-corrected chi connectivity index (χ4v) is 4.73. The topological polar surface area (TPSA) is 112 Å². The van der Waals surface area contributed by atoms with Crippen LogP contribution >= 0.6 is 0 Å². The zero-order chi connectivity index (χ0) is 24.2. The Kier molecular flexibility index (Phi) is 5.66. The van der Waals surface area contributed by atoms with Gasteiger partial charge in [-0.2, -0.15) is 4.68 Å². The Labute approximate surface area is 191 Å². The lowest BCUT2D eigenvalue weighted by Gasteiger charge is -2.26. The highest BCUT2D eigenvalue weighted by atomic mass is 19.1. The number of fused-ring (bicyclic) bond motifs is 1. The molecule has 4 rings (SSSR count). The second-order valence-corrected chi connectivity index (χ2v) is 10.2. The Bertz CT molecular complexity index is 1220. The molecular weight excluding hydrogens is 429 g/mol. The number of alkyl carbamates (subject to hydrolysis) is 1. The van der Waals surface area contributed by atoms with E-state index < -0.39 is 28.8 Å². The summed E-state index contributed by atoms with van der Waals surface area (Å²) in [5.74, 6) is 5.27. The molecular formula is C23H32FN5O4. The van der Waals surface area contributed by atoms with Gasteiger partial charge in [0.1, 0.15) is 11.4 Å². The molecule has 1 aliphatic carbocycles. The van der Waals surface area contributed by atoms with E-state index in [0.717, 1.165) is 19.3 Å². The minimum absolute atomic E-state index is 0.0308. The average molecular weight is 462 g/mol. The molecule has 1 aromatic heterocycles. The van der Waals surface area contributed by atoms with E-state index in [0.29, 0.717) is 34.5 Å². The number of ether oxygens (including phenoxy) is 1. The number of nitrogens with one attached hydrogen (secondary N) is 1. The van der Waals surface area contributed by atoms with Crippen LogP contribution in [0.3, 0.4) is 0 Å². The van der Waals surface area contributed by atoms with Crippen molar-refractivity contribution in [3.05, 3.63) is 38.3 Å². The Morgan fingerprint density at radius 3 is 2.55 bits per heavy atom. The number of anilines is 1. The van der Waals surface area contributed by atoms with Crippen LogP contribution in [-0.4, -0.2) is 40.1 Å². The summed E-state index contributed by atoms with van der Waals surface area (Å²) in [4.78, 5) is 39.4. The van der Waals surface area contributed by atoms with Crippen molar-refractivity contribution in [1.82, 2.24) is 14.6 Å². The highest BCUT2D eigenvalue weighted by molar-refractivity contribution is 5.87. The number of rotatable bonds is 4. The first-order valence-corrected chi connectivity index (χ1v) is 11.4. The quantitative estimate of drug-likeness (QED) is 0.677. The molecule has 180 valence electrons. The second-order valence-electron chi connectivity index (χ2n) is 10.2. The summed E-state index contributed by atoms with van der Waals surface area (Å²) in [5.41, 5.74) is -0.470. The summed E-state index contributed by atoms with van der Waals surface area (Å²) >= 11 is 0. The maximum atomic E-state index is 15.3. The van der Waals surface area contributed by atoms with Gasteiger partial charge >= 0.3 is 11.8 Å². The third kappa shape index (κ3) is 4.30. The molecule has 1 aromatic carbocycles. The van der Waals surface area contributed by atoms with Crippen molar-refractivity contribution >= 4 is 22.7 Å². The van der Waals surface area contributed by atoms with Crippen molar-refractivity contribution in [2.45, 2.75) is 71.6 Å². The van der Waals surface area contributed by atoms with Gasteiger partial charge in [-0.15, -0.1) is 0 Å². The van der Waals surface area contributed by atoms with Crippen molar-refractivity contribution in [3.63, 3.8) is 0 Å². The predicted octanol–water partition coefficient (Wildman–Crippen LogP) is 2.40. The van der Waals surface area contributed by atoms with Gasteiger partial charge in [-0.05, 0) is 65.9 Å². The van der Waals surface area contributed by atoms with Crippen molar-refractivity contribution < 1.29 is 13.9 Å². The van der Waals surface area contributed by atoms with Crippen LogP contribution in [0, 0.1) is 18.7 Å². The van der Waals surface area contributed by atoms with Crippen molar-refractivity contribution in [3.8, 4) is 0 Å². The molecule has 0 radical (unpaired) electrons. The molecule has 2 aromatic rings. The Morgan fingerprint density at radius 1 is 1.27 bits per heavy atom. The van der Waals surface area contributed by atoms with E-state index in [4.69, 9.17) is 10.6 Å². The van der Waals surface area contributed by atoms with E-state index in [1.54, 1.807) is 27.7 Å². The summed E-state index contributed by atoms with van der Waals surface area (Å²) in [5, 5.41) is 2.99. The summed E-state index contributed by atoms with van der Waals surface area (Å²) in [6, 6.07) is 0.997. The summed E-state index contributed by atoms with van der Waals surface area (Å²) in [7, 11) is 0. The number of carbonyl (C=O) groups is 1. The SMILES string of the molecule is Cc1c(N2CC[C@H]([C@@H](C)NC(=O)OC(C)(C)C)C2)c(F)cc2c(=O)n(N)c(=O)n(C3CC3)c12. The number of aromatic nitrogens is 2. The van der Waals surface area contributed by atoms with Gasteiger partial charge in [-0.3, -0.25) is 9.36 Å². The number of aryl methyl sites for hydroxylation is 1. The zero-order valence-corrected chi connectivity index (χ0v) is 19.8.